The highest BCUT2D eigenvalue weighted by Crippen LogP contribution is 2.35. The first-order valence-corrected chi connectivity index (χ1v) is 10.1. The quantitative estimate of drug-likeness (QED) is 0.129. The summed E-state index contributed by atoms with van der Waals surface area (Å²) < 4.78 is 10.8. The second-order valence-electron chi connectivity index (χ2n) is 6.15. The fourth-order valence-corrected chi connectivity index (χ4v) is 3.03. The van der Waals surface area contributed by atoms with E-state index in [-0.39, 0.29) is 36.9 Å². The number of aromatic nitrogens is 2. The molecule has 12 nitrogen and oxygen atoms in total. The van der Waals surface area contributed by atoms with Crippen LogP contribution in [-0.2, 0) is 11.0 Å². The van der Waals surface area contributed by atoms with Gasteiger partial charge in [0.15, 0.2) is 0 Å². The van der Waals surface area contributed by atoms with Crippen LogP contribution in [-0.4, -0.2) is 77.8 Å². The third-order valence-corrected chi connectivity index (χ3v) is 4.78. The summed E-state index contributed by atoms with van der Waals surface area (Å²) in [7, 11) is -4.06. The van der Waals surface area contributed by atoms with Gasteiger partial charge in [0.25, 0.3) is 5.56 Å². The maximum absolute atomic E-state index is 12.0. The van der Waals surface area contributed by atoms with Gasteiger partial charge in [-0.15, -0.1) is 0 Å². The molecule has 3 atom stereocenters. The zero-order chi connectivity index (χ0) is 20.6. The van der Waals surface area contributed by atoms with E-state index in [0.29, 0.717) is 12.8 Å². The summed E-state index contributed by atoms with van der Waals surface area (Å²) in [5.41, 5.74) is -1.25. The van der Waals surface area contributed by atoms with E-state index < -0.39 is 43.8 Å². The largest absolute Gasteiger partial charge is 0.394 e. The lowest BCUT2D eigenvalue weighted by Crippen LogP contribution is -2.43. The van der Waals surface area contributed by atoms with Crippen molar-refractivity contribution in [2.75, 3.05) is 24.6 Å². The van der Waals surface area contributed by atoms with Crippen molar-refractivity contribution in [1.82, 2.24) is 9.97 Å². The molecule has 0 amide bonds. The molecule has 0 fully saturated rings. The zero-order valence-electron chi connectivity index (χ0n) is 14.5. The summed E-state index contributed by atoms with van der Waals surface area (Å²) in [6.45, 7) is -1.07. The molecular formula is C14H26N3O9P. The minimum Gasteiger partial charge on any atom is -0.394 e. The number of rotatable bonds is 12. The van der Waals surface area contributed by atoms with Crippen molar-refractivity contribution in [3.8, 4) is 0 Å². The number of anilines is 1. The molecule has 0 saturated carbocycles. The van der Waals surface area contributed by atoms with Crippen LogP contribution in [0.2, 0.25) is 0 Å². The summed E-state index contributed by atoms with van der Waals surface area (Å²) in [6.07, 6.45) is -3.55. The molecule has 1 rings (SSSR count). The molecule has 0 bridgehead atoms. The van der Waals surface area contributed by atoms with Gasteiger partial charge in [-0.05, 0) is 19.3 Å². The summed E-state index contributed by atoms with van der Waals surface area (Å²) >= 11 is 0. The molecule has 0 unspecified atom stereocenters. The Bertz CT molecular complexity index is 744. The predicted octanol–water partition coefficient (Wildman–Crippen LogP) is -2.56. The van der Waals surface area contributed by atoms with Crippen molar-refractivity contribution < 1.29 is 34.8 Å². The van der Waals surface area contributed by atoms with Gasteiger partial charge in [-0.1, -0.05) is 6.42 Å². The Morgan fingerprint density at radius 2 is 1.67 bits per heavy atom. The Kier molecular flexibility index (Phi) is 9.33. The summed E-state index contributed by atoms with van der Waals surface area (Å²) in [5, 5.41) is 40.1. The lowest BCUT2D eigenvalue weighted by atomic mass is 10.1. The molecule has 13 heteroatoms. The molecule has 0 aromatic carbocycles. The van der Waals surface area contributed by atoms with Crippen molar-refractivity contribution in [3.05, 3.63) is 26.4 Å². The molecule has 156 valence electrons. The molecule has 0 spiro atoms. The van der Waals surface area contributed by atoms with Gasteiger partial charge in [-0.2, -0.15) is 0 Å². The highest BCUT2D eigenvalue weighted by Gasteiger charge is 2.24. The van der Waals surface area contributed by atoms with Gasteiger partial charge in [0.1, 0.15) is 18.0 Å². The number of aliphatic hydroxyl groups excluding tert-OH is 4. The second-order valence-corrected chi connectivity index (χ2v) is 7.93. The zero-order valence-corrected chi connectivity index (χ0v) is 15.4. The summed E-state index contributed by atoms with van der Waals surface area (Å²) in [6, 6.07) is 0. The van der Waals surface area contributed by atoms with E-state index in [2.05, 4.69) is 15.3 Å². The number of H-pyrrole nitrogens is 2. The maximum atomic E-state index is 12.0. The van der Waals surface area contributed by atoms with Crippen LogP contribution in [0.4, 0.5) is 5.82 Å². The molecule has 0 aliphatic heterocycles. The minimum atomic E-state index is -4.06. The van der Waals surface area contributed by atoms with Crippen LogP contribution < -0.4 is 16.6 Å². The Labute approximate surface area is 154 Å². The molecule has 27 heavy (non-hydrogen) atoms. The van der Waals surface area contributed by atoms with E-state index in [1.807, 2.05) is 0 Å². The van der Waals surface area contributed by atoms with E-state index in [1.54, 1.807) is 0 Å². The van der Waals surface area contributed by atoms with Crippen LogP contribution in [0.5, 0.6) is 0 Å². The maximum Gasteiger partial charge on any atom is 0.327 e. The van der Waals surface area contributed by atoms with Crippen LogP contribution in [0.3, 0.4) is 0 Å². The van der Waals surface area contributed by atoms with E-state index >= 15 is 0 Å². The molecule has 0 aliphatic rings. The van der Waals surface area contributed by atoms with Gasteiger partial charge < -0.3 is 35.5 Å². The number of unbranched alkanes of at least 4 members (excludes halogenated alkanes) is 2. The van der Waals surface area contributed by atoms with E-state index in [9.17, 15) is 29.5 Å². The number of hydrogen-bond acceptors (Lipinski definition) is 8. The summed E-state index contributed by atoms with van der Waals surface area (Å²) in [4.78, 5) is 45.5. The topological polar surface area (TPSA) is 216 Å². The summed E-state index contributed by atoms with van der Waals surface area (Å²) in [5.74, 6) is 0.0310. The monoisotopic (exact) mass is 411 g/mol. The average Bonchev–Trinajstić information content (AvgIpc) is 2.58. The molecule has 1 aromatic rings. The lowest BCUT2D eigenvalue weighted by molar-refractivity contribution is -0.0715. The Hall–Kier alpha value is -1.53. The smallest absolute Gasteiger partial charge is 0.327 e. The van der Waals surface area contributed by atoms with Gasteiger partial charge in [0, 0.05) is 12.7 Å². The first kappa shape index (κ1) is 23.5. The standard InChI is InChI=1S/C14H26N3O9P/c18-7-10(20)11(21)9(19)6-15-12-8(13(22)17-14(23)16-12)4-2-1-3-5-27(24,25)26/h9-11,18-21H,1-7H2,(H2,24,25,26)(H3,15,16,17,22,23)/t9-,10+,11-/m0/s1. The molecule has 0 radical (unpaired) electrons. The van der Waals surface area contributed by atoms with Gasteiger partial charge in [0.2, 0.25) is 0 Å². The minimum absolute atomic E-state index is 0.0310. The number of aromatic amines is 2. The first-order chi connectivity index (χ1) is 12.5. The van der Waals surface area contributed by atoms with Crippen LogP contribution in [0.15, 0.2) is 9.59 Å². The van der Waals surface area contributed by atoms with Gasteiger partial charge in [0.05, 0.1) is 18.3 Å². The fourth-order valence-electron chi connectivity index (χ4n) is 2.39. The highest BCUT2D eigenvalue weighted by molar-refractivity contribution is 7.51. The van der Waals surface area contributed by atoms with Gasteiger partial charge in [-0.25, -0.2) is 4.79 Å². The van der Waals surface area contributed by atoms with Crippen LogP contribution in [0.25, 0.3) is 0 Å². The number of aliphatic hydroxyl groups is 4. The molecule has 0 saturated heterocycles. The Balaban J connectivity index is 2.72. The molecule has 0 aliphatic carbocycles. The van der Waals surface area contributed by atoms with Gasteiger partial charge >= 0.3 is 13.3 Å². The SMILES string of the molecule is O=c1[nH]c(NC[C@H](O)[C@H](O)[C@H](O)CO)c(CCCCCP(=O)(O)O)c(=O)[nH]1. The molecule has 9 N–H and O–H groups in total. The lowest BCUT2D eigenvalue weighted by Gasteiger charge is -2.22. The van der Waals surface area contributed by atoms with E-state index in [4.69, 9.17) is 14.9 Å². The van der Waals surface area contributed by atoms with Crippen molar-refractivity contribution in [1.29, 1.82) is 0 Å². The molecule has 1 heterocycles. The van der Waals surface area contributed by atoms with Gasteiger partial charge in [-0.3, -0.25) is 19.3 Å². The highest BCUT2D eigenvalue weighted by atomic mass is 31.2. The second kappa shape index (κ2) is 10.7. The van der Waals surface area contributed by atoms with Crippen LogP contribution in [0, 0.1) is 0 Å². The fraction of sp³-hybridized carbons (Fsp3) is 0.714. The average molecular weight is 411 g/mol. The predicted molar refractivity (Wildman–Crippen MR) is 95.7 cm³/mol. The van der Waals surface area contributed by atoms with Crippen LogP contribution in [0.1, 0.15) is 24.8 Å². The van der Waals surface area contributed by atoms with Crippen molar-refractivity contribution >= 4 is 13.4 Å². The van der Waals surface area contributed by atoms with Crippen molar-refractivity contribution in [2.24, 2.45) is 0 Å². The van der Waals surface area contributed by atoms with Crippen molar-refractivity contribution in [3.63, 3.8) is 0 Å². The molecular weight excluding hydrogens is 385 g/mol. The van der Waals surface area contributed by atoms with Crippen LogP contribution >= 0.6 is 7.60 Å². The Morgan fingerprint density at radius 1 is 1.00 bits per heavy atom. The van der Waals surface area contributed by atoms with Crippen molar-refractivity contribution in [2.45, 2.75) is 44.0 Å². The molecule has 1 aromatic heterocycles. The third kappa shape index (κ3) is 8.35. The van der Waals surface area contributed by atoms with E-state index in [1.165, 1.54) is 0 Å². The normalized spacial score (nSPS) is 15.3. The Morgan fingerprint density at radius 3 is 2.26 bits per heavy atom. The van der Waals surface area contributed by atoms with E-state index in [0.717, 1.165) is 0 Å². The number of nitrogens with one attached hydrogen (secondary N) is 3. The number of hydrogen-bond donors (Lipinski definition) is 9. The first-order valence-electron chi connectivity index (χ1n) is 8.34. The third-order valence-electron chi connectivity index (χ3n) is 3.88.